The monoisotopic (exact) mass is 368 g/mol. The molecule has 26 heavy (non-hydrogen) atoms. The standard InChI is InChI=1S/C20H20N2O3S/c1-13-11-22(12-14(2)24-13)20-21-19(23)18(26-20)10-16-8-9-17(25-16)15-6-4-3-5-7-15/h3-10,13-14H,11-12H2,1-2H3/b18-10+. The van der Waals surface area contributed by atoms with Crippen molar-refractivity contribution < 1.29 is 13.9 Å². The van der Waals surface area contributed by atoms with Crippen molar-refractivity contribution in [2.45, 2.75) is 26.1 Å². The minimum atomic E-state index is -0.213. The number of thioether (sulfide) groups is 1. The summed E-state index contributed by atoms with van der Waals surface area (Å²) < 4.78 is 11.6. The molecule has 1 amide bonds. The Kier molecular flexibility index (Phi) is 4.70. The number of carbonyl (C=O) groups is 1. The van der Waals surface area contributed by atoms with Crippen LogP contribution in [0.4, 0.5) is 0 Å². The van der Waals surface area contributed by atoms with Crippen LogP contribution in [0.15, 0.2) is 56.8 Å². The number of furan rings is 1. The van der Waals surface area contributed by atoms with E-state index in [2.05, 4.69) is 9.89 Å². The number of carbonyl (C=O) groups excluding carboxylic acids is 1. The summed E-state index contributed by atoms with van der Waals surface area (Å²) in [7, 11) is 0. The first kappa shape index (κ1) is 17.1. The number of amides is 1. The SMILES string of the molecule is CC1CN(C2=NC(=O)/C(=C\c3ccc(-c4ccccc4)o3)S2)CC(C)O1. The highest BCUT2D eigenvalue weighted by atomic mass is 32.2. The molecule has 0 saturated carbocycles. The molecule has 134 valence electrons. The molecule has 0 aliphatic carbocycles. The van der Waals surface area contributed by atoms with Gasteiger partial charge in [-0.1, -0.05) is 30.3 Å². The average molecular weight is 368 g/mol. The van der Waals surface area contributed by atoms with E-state index in [-0.39, 0.29) is 18.1 Å². The number of amidine groups is 1. The van der Waals surface area contributed by atoms with Gasteiger partial charge in [0.25, 0.3) is 5.91 Å². The minimum absolute atomic E-state index is 0.128. The Bertz CT molecular complexity index is 862. The Hall–Kier alpha value is -2.31. The maximum Gasteiger partial charge on any atom is 0.286 e. The fraction of sp³-hybridized carbons (Fsp3) is 0.300. The number of hydrogen-bond acceptors (Lipinski definition) is 5. The quantitative estimate of drug-likeness (QED) is 0.749. The lowest BCUT2D eigenvalue weighted by molar-refractivity contribution is -0.113. The van der Waals surface area contributed by atoms with Crippen molar-refractivity contribution in [3.8, 4) is 11.3 Å². The summed E-state index contributed by atoms with van der Waals surface area (Å²) in [4.78, 5) is 19.2. The number of nitrogens with zero attached hydrogens (tertiary/aromatic N) is 2. The van der Waals surface area contributed by atoms with E-state index in [1.165, 1.54) is 11.8 Å². The fourth-order valence-electron chi connectivity index (χ4n) is 3.18. The van der Waals surface area contributed by atoms with Gasteiger partial charge in [0.2, 0.25) is 0 Å². The van der Waals surface area contributed by atoms with Crippen LogP contribution in [-0.2, 0) is 9.53 Å². The summed E-state index contributed by atoms with van der Waals surface area (Å²) in [5.41, 5.74) is 1.01. The van der Waals surface area contributed by atoms with Gasteiger partial charge in [-0.3, -0.25) is 4.79 Å². The maximum atomic E-state index is 12.3. The molecule has 2 aromatic rings. The first-order valence-electron chi connectivity index (χ1n) is 8.67. The molecule has 0 bridgehead atoms. The van der Waals surface area contributed by atoms with Crippen LogP contribution in [0, 0.1) is 0 Å². The summed E-state index contributed by atoms with van der Waals surface area (Å²) in [5.74, 6) is 1.22. The van der Waals surface area contributed by atoms with Gasteiger partial charge in [-0.15, -0.1) is 0 Å². The molecule has 6 heteroatoms. The van der Waals surface area contributed by atoms with Gasteiger partial charge < -0.3 is 14.1 Å². The average Bonchev–Trinajstić information content (AvgIpc) is 3.23. The van der Waals surface area contributed by atoms with Crippen molar-refractivity contribution >= 4 is 28.9 Å². The zero-order valence-corrected chi connectivity index (χ0v) is 15.5. The van der Waals surface area contributed by atoms with Gasteiger partial charge in [0.1, 0.15) is 11.5 Å². The van der Waals surface area contributed by atoms with E-state index >= 15 is 0 Å². The van der Waals surface area contributed by atoms with E-state index in [1.54, 1.807) is 6.08 Å². The van der Waals surface area contributed by atoms with Crippen LogP contribution in [0.25, 0.3) is 17.4 Å². The van der Waals surface area contributed by atoms with Gasteiger partial charge in [0.05, 0.1) is 17.1 Å². The van der Waals surface area contributed by atoms with Crippen molar-refractivity contribution in [1.29, 1.82) is 0 Å². The lowest BCUT2D eigenvalue weighted by atomic mass is 10.2. The number of ether oxygens (including phenoxy) is 1. The van der Waals surface area contributed by atoms with Crippen molar-refractivity contribution in [3.05, 3.63) is 53.1 Å². The molecule has 0 radical (unpaired) electrons. The highest BCUT2D eigenvalue weighted by Crippen LogP contribution is 2.32. The number of aliphatic imine (C=N–C) groups is 1. The normalized spacial score (nSPS) is 25.0. The molecule has 4 rings (SSSR count). The van der Waals surface area contributed by atoms with Crippen LogP contribution in [-0.4, -0.2) is 41.3 Å². The molecular formula is C20H20N2O3S. The highest BCUT2D eigenvalue weighted by molar-refractivity contribution is 8.18. The molecule has 0 N–H and O–H groups in total. The summed E-state index contributed by atoms with van der Waals surface area (Å²) >= 11 is 1.40. The number of hydrogen-bond donors (Lipinski definition) is 0. The molecule has 2 aliphatic heterocycles. The van der Waals surface area contributed by atoms with Crippen LogP contribution in [0.2, 0.25) is 0 Å². The zero-order valence-electron chi connectivity index (χ0n) is 14.7. The molecule has 2 unspecified atom stereocenters. The number of rotatable bonds is 2. The predicted octanol–water partition coefficient (Wildman–Crippen LogP) is 4.03. The predicted molar refractivity (Wildman–Crippen MR) is 104 cm³/mol. The van der Waals surface area contributed by atoms with Crippen molar-refractivity contribution in [2.75, 3.05) is 13.1 Å². The van der Waals surface area contributed by atoms with Gasteiger partial charge in [-0.2, -0.15) is 4.99 Å². The van der Waals surface area contributed by atoms with Gasteiger partial charge in [-0.25, -0.2) is 0 Å². The molecular weight excluding hydrogens is 348 g/mol. The highest BCUT2D eigenvalue weighted by Gasteiger charge is 2.31. The van der Waals surface area contributed by atoms with E-state index in [0.717, 1.165) is 29.6 Å². The molecule has 5 nitrogen and oxygen atoms in total. The van der Waals surface area contributed by atoms with Crippen molar-refractivity contribution in [3.63, 3.8) is 0 Å². The Morgan fingerprint density at radius 1 is 1.12 bits per heavy atom. The molecule has 2 aliphatic rings. The molecule has 2 atom stereocenters. The molecule has 1 saturated heterocycles. The maximum absolute atomic E-state index is 12.3. The lowest BCUT2D eigenvalue weighted by Crippen LogP contribution is -2.47. The van der Waals surface area contributed by atoms with E-state index in [0.29, 0.717) is 10.7 Å². The van der Waals surface area contributed by atoms with Gasteiger partial charge >= 0.3 is 0 Å². The summed E-state index contributed by atoms with van der Waals surface area (Å²) in [5, 5.41) is 0.748. The third-order valence-electron chi connectivity index (χ3n) is 4.26. The third kappa shape index (κ3) is 3.61. The van der Waals surface area contributed by atoms with Gasteiger partial charge in [0.15, 0.2) is 5.17 Å². The Morgan fingerprint density at radius 2 is 1.85 bits per heavy atom. The second-order valence-corrected chi connectivity index (χ2v) is 7.55. The molecule has 3 heterocycles. The third-order valence-corrected chi connectivity index (χ3v) is 5.30. The molecule has 1 fully saturated rings. The van der Waals surface area contributed by atoms with E-state index < -0.39 is 0 Å². The Morgan fingerprint density at radius 3 is 2.58 bits per heavy atom. The second-order valence-electron chi connectivity index (χ2n) is 6.54. The van der Waals surface area contributed by atoms with Crippen molar-refractivity contribution in [1.82, 2.24) is 4.90 Å². The van der Waals surface area contributed by atoms with E-state index in [4.69, 9.17) is 9.15 Å². The Balaban J connectivity index is 1.50. The van der Waals surface area contributed by atoms with Crippen molar-refractivity contribution in [2.24, 2.45) is 4.99 Å². The van der Waals surface area contributed by atoms with Crippen LogP contribution in [0.5, 0.6) is 0 Å². The van der Waals surface area contributed by atoms with Gasteiger partial charge in [0, 0.05) is 24.7 Å². The number of benzene rings is 1. The summed E-state index contributed by atoms with van der Waals surface area (Å²) in [6, 6.07) is 13.7. The zero-order chi connectivity index (χ0) is 18.1. The molecule has 0 spiro atoms. The van der Waals surface area contributed by atoms with Crippen LogP contribution < -0.4 is 0 Å². The van der Waals surface area contributed by atoms with Crippen LogP contribution in [0.3, 0.4) is 0 Å². The van der Waals surface area contributed by atoms with E-state index in [9.17, 15) is 4.79 Å². The topological polar surface area (TPSA) is 55.0 Å². The fourth-order valence-corrected chi connectivity index (χ4v) is 4.10. The molecule has 1 aromatic heterocycles. The van der Waals surface area contributed by atoms with Gasteiger partial charge in [-0.05, 0) is 37.7 Å². The summed E-state index contributed by atoms with van der Waals surface area (Å²) in [6.07, 6.45) is 2.02. The lowest BCUT2D eigenvalue weighted by Gasteiger charge is -2.35. The first-order chi connectivity index (χ1) is 12.6. The summed E-state index contributed by atoms with van der Waals surface area (Å²) in [6.45, 7) is 5.57. The largest absolute Gasteiger partial charge is 0.457 e. The Labute approximate surface area is 156 Å². The smallest absolute Gasteiger partial charge is 0.286 e. The van der Waals surface area contributed by atoms with Crippen LogP contribution in [0.1, 0.15) is 19.6 Å². The molecule has 1 aromatic carbocycles. The second kappa shape index (κ2) is 7.13. The first-order valence-corrected chi connectivity index (χ1v) is 9.48. The number of morpholine rings is 1. The van der Waals surface area contributed by atoms with Crippen LogP contribution >= 0.6 is 11.8 Å². The van der Waals surface area contributed by atoms with E-state index in [1.807, 2.05) is 56.3 Å². The minimum Gasteiger partial charge on any atom is -0.457 e.